The van der Waals surface area contributed by atoms with E-state index in [4.69, 9.17) is 4.52 Å². The second-order valence-electron chi connectivity index (χ2n) is 4.30. The number of aryl methyl sites for hydroxylation is 1. The van der Waals surface area contributed by atoms with E-state index >= 15 is 0 Å². The lowest BCUT2D eigenvalue weighted by Gasteiger charge is -2.08. The van der Waals surface area contributed by atoms with Crippen molar-refractivity contribution in [3.05, 3.63) is 41.5 Å². The summed E-state index contributed by atoms with van der Waals surface area (Å²) in [7, 11) is -3.69. The predicted molar refractivity (Wildman–Crippen MR) is 70.1 cm³/mol. The standard InChI is InChI=1S/C12H15N3O4S/c1-8(16)10-4-3-5-11(6-10)20(17,18)13-7-12-14-9(2)19-15-12/h3-6,8,13,16H,7H2,1-2H3. The number of nitrogens with one attached hydrogen (secondary N) is 1. The first-order valence-corrected chi connectivity index (χ1v) is 7.43. The summed E-state index contributed by atoms with van der Waals surface area (Å²) in [5, 5.41) is 13.1. The van der Waals surface area contributed by atoms with Crippen LogP contribution >= 0.6 is 0 Å². The third-order valence-electron chi connectivity index (χ3n) is 2.64. The second kappa shape index (κ2) is 5.70. The van der Waals surface area contributed by atoms with Gasteiger partial charge in [0.15, 0.2) is 5.82 Å². The maximum absolute atomic E-state index is 12.1. The van der Waals surface area contributed by atoms with Crippen molar-refractivity contribution in [2.24, 2.45) is 0 Å². The van der Waals surface area contributed by atoms with Gasteiger partial charge in [0, 0.05) is 6.92 Å². The molecular formula is C12H15N3O4S. The monoisotopic (exact) mass is 297 g/mol. The molecule has 0 saturated carbocycles. The zero-order chi connectivity index (χ0) is 14.8. The molecular weight excluding hydrogens is 282 g/mol. The van der Waals surface area contributed by atoms with Crippen molar-refractivity contribution in [1.29, 1.82) is 0 Å². The van der Waals surface area contributed by atoms with Gasteiger partial charge in [0.1, 0.15) is 0 Å². The smallest absolute Gasteiger partial charge is 0.240 e. The van der Waals surface area contributed by atoms with Crippen molar-refractivity contribution < 1.29 is 18.0 Å². The molecule has 20 heavy (non-hydrogen) atoms. The van der Waals surface area contributed by atoms with Crippen LogP contribution in [0.25, 0.3) is 0 Å². The average Bonchev–Trinajstić information content (AvgIpc) is 2.82. The topological polar surface area (TPSA) is 105 Å². The summed E-state index contributed by atoms with van der Waals surface area (Å²) in [4.78, 5) is 3.99. The molecule has 0 aliphatic rings. The van der Waals surface area contributed by atoms with Crippen LogP contribution in [0.5, 0.6) is 0 Å². The second-order valence-corrected chi connectivity index (χ2v) is 6.07. The van der Waals surface area contributed by atoms with E-state index < -0.39 is 16.1 Å². The summed E-state index contributed by atoms with van der Waals surface area (Å²) in [6, 6.07) is 6.12. The van der Waals surface area contributed by atoms with Crippen LogP contribution in [0.2, 0.25) is 0 Å². The van der Waals surface area contributed by atoms with E-state index in [0.29, 0.717) is 11.5 Å². The Morgan fingerprint density at radius 3 is 2.80 bits per heavy atom. The van der Waals surface area contributed by atoms with Gasteiger partial charge in [0.05, 0.1) is 17.5 Å². The van der Waals surface area contributed by atoms with Crippen molar-refractivity contribution in [1.82, 2.24) is 14.9 Å². The average molecular weight is 297 g/mol. The zero-order valence-electron chi connectivity index (χ0n) is 11.1. The number of hydrogen-bond donors (Lipinski definition) is 2. The number of benzene rings is 1. The lowest BCUT2D eigenvalue weighted by atomic mass is 10.1. The first-order chi connectivity index (χ1) is 9.38. The molecule has 108 valence electrons. The Morgan fingerprint density at radius 1 is 1.45 bits per heavy atom. The highest BCUT2D eigenvalue weighted by Crippen LogP contribution is 2.17. The number of rotatable bonds is 5. The Labute approximate surface area is 116 Å². The molecule has 1 heterocycles. The van der Waals surface area contributed by atoms with Gasteiger partial charge in [-0.05, 0) is 24.6 Å². The molecule has 0 bridgehead atoms. The summed E-state index contributed by atoms with van der Waals surface area (Å²) >= 11 is 0. The fraction of sp³-hybridized carbons (Fsp3) is 0.333. The van der Waals surface area contributed by atoms with E-state index in [1.54, 1.807) is 26.0 Å². The van der Waals surface area contributed by atoms with Gasteiger partial charge in [-0.15, -0.1) is 0 Å². The van der Waals surface area contributed by atoms with Crippen molar-refractivity contribution in [2.75, 3.05) is 0 Å². The maximum atomic E-state index is 12.1. The number of hydrogen-bond acceptors (Lipinski definition) is 6. The van der Waals surface area contributed by atoms with Crippen molar-refractivity contribution in [3.8, 4) is 0 Å². The minimum atomic E-state index is -3.69. The molecule has 1 atom stereocenters. The SMILES string of the molecule is Cc1nc(CNS(=O)(=O)c2cccc(C(C)O)c2)no1. The minimum absolute atomic E-state index is 0.0570. The molecule has 1 aromatic carbocycles. The number of nitrogens with zero attached hydrogens (tertiary/aromatic N) is 2. The summed E-state index contributed by atoms with van der Waals surface area (Å²) < 4.78 is 31.4. The highest BCUT2D eigenvalue weighted by atomic mass is 32.2. The highest BCUT2D eigenvalue weighted by Gasteiger charge is 2.16. The molecule has 2 rings (SSSR count). The fourth-order valence-electron chi connectivity index (χ4n) is 1.60. The van der Waals surface area contributed by atoms with Gasteiger partial charge < -0.3 is 9.63 Å². The van der Waals surface area contributed by atoms with Crippen LogP contribution in [-0.4, -0.2) is 23.7 Å². The third-order valence-corrected chi connectivity index (χ3v) is 4.04. The van der Waals surface area contributed by atoms with Crippen molar-refractivity contribution >= 4 is 10.0 Å². The van der Waals surface area contributed by atoms with Gasteiger partial charge in [-0.1, -0.05) is 17.3 Å². The maximum Gasteiger partial charge on any atom is 0.240 e. The number of sulfonamides is 1. The number of aliphatic hydroxyl groups is 1. The van der Waals surface area contributed by atoms with Gasteiger partial charge in [0.25, 0.3) is 0 Å². The molecule has 0 radical (unpaired) electrons. The van der Waals surface area contributed by atoms with Crippen LogP contribution in [0.4, 0.5) is 0 Å². The van der Waals surface area contributed by atoms with E-state index in [2.05, 4.69) is 14.9 Å². The number of aromatic nitrogens is 2. The van der Waals surface area contributed by atoms with E-state index in [-0.39, 0.29) is 17.3 Å². The fourth-order valence-corrected chi connectivity index (χ4v) is 2.63. The molecule has 0 aliphatic heterocycles. The normalized spacial score (nSPS) is 13.3. The molecule has 7 nitrogen and oxygen atoms in total. The van der Waals surface area contributed by atoms with Gasteiger partial charge in [-0.2, -0.15) is 4.98 Å². The van der Waals surface area contributed by atoms with Crippen molar-refractivity contribution in [2.45, 2.75) is 31.4 Å². The lowest BCUT2D eigenvalue weighted by molar-refractivity contribution is 0.199. The Bertz CT molecular complexity index is 694. The molecule has 1 aromatic heterocycles. The molecule has 0 spiro atoms. The van der Waals surface area contributed by atoms with E-state index in [9.17, 15) is 13.5 Å². The minimum Gasteiger partial charge on any atom is -0.389 e. The van der Waals surface area contributed by atoms with Crippen molar-refractivity contribution in [3.63, 3.8) is 0 Å². The molecule has 0 fully saturated rings. The Morgan fingerprint density at radius 2 is 2.20 bits per heavy atom. The Balaban J connectivity index is 2.15. The summed E-state index contributed by atoms with van der Waals surface area (Å²) in [6.07, 6.45) is -0.731. The van der Waals surface area contributed by atoms with E-state index in [0.717, 1.165) is 0 Å². The van der Waals surface area contributed by atoms with Crippen LogP contribution in [-0.2, 0) is 16.6 Å². The Hall–Kier alpha value is -1.77. The zero-order valence-corrected chi connectivity index (χ0v) is 11.9. The summed E-state index contributed by atoms with van der Waals surface area (Å²) in [5.41, 5.74) is 0.531. The van der Waals surface area contributed by atoms with Gasteiger partial charge in [-0.3, -0.25) is 0 Å². The van der Waals surface area contributed by atoms with Gasteiger partial charge >= 0.3 is 0 Å². The number of aliphatic hydroxyl groups excluding tert-OH is 1. The van der Waals surface area contributed by atoms with E-state index in [1.807, 2.05) is 0 Å². The third kappa shape index (κ3) is 3.41. The molecule has 0 saturated heterocycles. The van der Waals surface area contributed by atoms with Crippen LogP contribution in [0.1, 0.15) is 30.3 Å². The molecule has 1 unspecified atom stereocenters. The first-order valence-electron chi connectivity index (χ1n) is 5.95. The first kappa shape index (κ1) is 14.6. The predicted octanol–water partition coefficient (Wildman–Crippen LogP) is 0.910. The van der Waals surface area contributed by atoms with Gasteiger partial charge in [-0.25, -0.2) is 13.1 Å². The quantitative estimate of drug-likeness (QED) is 0.849. The molecule has 0 amide bonds. The largest absolute Gasteiger partial charge is 0.389 e. The molecule has 0 aliphatic carbocycles. The summed E-state index contributed by atoms with van der Waals surface area (Å²) in [5.74, 6) is 0.632. The molecule has 8 heteroatoms. The Kier molecular flexibility index (Phi) is 4.17. The molecule has 2 N–H and O–H groups in total. The van der Waals surface area contributed by atoms with Crippen LogP contribution in [0.15, 0.2) is 33.7 Å². The van der Waals surface area contributed by atoms with Gasteiger partial charge in [0.2, 0.25) is 15.9 Å². The van der Waals surface area contributed by atoms with Crippen LogP contribution in [0, 0.1) is 6.92 Å². The molecule has 2 aromatic rings. The summed E-state index contributed by atoms with van der Waals surface area (Å²) in [6.45, 7) is 3.14. The van der Waals surface area contributed by atoms with Crippen LogP contribution < -0.4 is 4.72 Å². The van der Waals surface area contributed by atoms with Crippen LogP contribution in [0.3, 0.4) is 0 Å². The van der Waals surface area contributed by atoms with E-state index in [1.165, 1.54) is 12.1 Å². The lowest BCUT2D eigenvalue weighted by Crippen LogP contribution is -2.24. The highest BCUT2D eigenvalue weighted by molar-refractivity contribution is 7.89.